The topological polar surface area (TPSA) is 29.1 Å². The van der Waals surface area contributed by atoms with E-state index in [0.717, 1.165) is 0 Å². The third-order valence-electron chi connectivity index (χ3n) is 2.18. The van der Waals surface area contributed by atoms with Crippen molar-refractivity contribution < 1.29 is 4.79 Å². The number of carbonyl (C=O) groups is 1. The molecule has 1 amide bonds. The predicted octanol–water partition coefficient (Wildman–Crippen LogP) is 2.53. The standard InChI is InChI=1S/C13H17NO/c1-10-6-4-5-7-13(10)9-8-11(2)14-12(3)15/h4-9,11H,1-3H3,(H,14,15)/b9-8+/t11-/m0/s1. The second-order valence-corrected chi connectivity index (χ2v) is 3.70. The molecular formula is C13H17NO. The van der Waals surface area contributed by atoms with Gasteiger partial charge >= 0.3 is 0 Å². The van der Waals surface area contributed by atoms with Crippen LogP contribution in [0.1, 0.15) is 25.0 Å². The van der Waals surface area contributed by atoms with Gasteiger partial charge in [0.15, 0.2) is 0 Å². The molecule has 2 heteroatoms. The smallest absolute Gasteiger partial charge is 0.217 e. The molecular weight excluding hydrogens is 186 g/mol. The summed E-state index contributed by atoms with van der Waals surface area (Å²) in [6, 6.07) is 8.23. The summed E-state index contributed by atoms with van der Waals surface area (Å²) in [7, 11) is 0. The van der Waals surface area contributed by atoms with E-state index >= 15 is 0 Å². The Bertz CT molecular complexity index is 369. The van der Waals surface area contributed by atoms with Crippen LogP contribution in [0.4, 0.5) is 0 Å². The fourth-order valence-corrected chi connectivity index (χ4v) is 1.39. The van der Waals surface area contributed by atoms with Crippen LogP contribution in [0.2, 0.25) is 0 Å². The second kappa shape index (κ2) is 5.35. The summed E-state index contributed by atoms with van der Waals surface area (Å²) in [4.78, 5) is 10.8. The maximum absolute atomic E-state index is 10.8. The largest absolute Gasteiger partial charge is 0.350 e. The summed E-state index contributed by atoms with van der Waals surface area (Å²) < 4.78 is 0. The molecule has 0 bridgehead atoms. The minimum atomic E-state index is -0.00284. The van der Waals surface area contributed by atoms with E-state index in [1.54, 1.807) is 0 Å². The number of amides is 1. The molecule has 0 fully saturated rings. The first kappa shape index (κ1) is 11.5. The first-order valence-electron chi connectivity index (χ1n) is 5.10. The molecule has 0 saturated carbocycles. The Balaban J connectivity index is 2.65. The predicted molar refractivity (Wildman–Crippen MR) is 63.5 cm³/mol. The van der Waals surface area contributed by atoms with Gasteiger partial charge in [0.05, 0.1) is 0 Å². The van der Waals surface area contributed by atoms with Crippen LogP contribution in [0.25, 0.3) is 6.08 Å². The maximum Gasteiger partial charge on any atom is 0.217 e. The summed E-state index contributed by atoms with van der Waals surface area (Å²) in [6.45, 7) is 5.55. The lowest BCUT2D eigenvalue weighted by atomic mass is 10.1. The van der Waals surface area contributed by atoms with Gasteiger partial charge in [-0.3, -0.25) is 4.79 Å². The van der Waals surface area contributed by atoms with Crippen molar-refractivity contribution in [3.8, 4) is 0 Å². The molecule has 1 rings (SSSR count). The zero-order valence-electron chi connectivity index (χ0n) is 9.45. The van der Waals surface area contributed by atoms with Crippen LogP contribution in [0.5, 0.6) is 0 Å². The van der Waals surface area contributed by atoms with Crippen molar-refractivity contribution in [2.24, 2.45) is 0 Å². The van der Waals surface area contributed by atoms with Crippen LogP contribution < -0.4 is 5.32 Å². The Morgan fingerprint density at radius 3 is 2.67 bits per heavy atom. The molecule has 1 N–H and O–H groups in total. The molecule has 80 valence electrons. The van der Waals surface area contributed by atoms with Gasteiger partial charge in [0.2, 0.25) is 5.91 Å². The zero-order valence-corrected chi connectivity index (χ0v) is 9.45. The van der Waals surface area contributed by atoms with Gasteiger partial charge in [-0.15, -0.1) is 0 Å². The van der Waals surface area contributed by atoms with E-state index in [1.807, 2.05) is 31.2 Å². The average molecular weight is 203 g/mol. The normalized spacial score (nSPS) is 12.7. The van der Waals surface area contributed by atoms with Crippen molar-refractivity contribution in [3.63, 3.8) is 0 Å². The van der Waals surface area contributed by atoms with E-state index in [9.17, 15) is 4.79 Å². The molecule has 0 heterocycles. The van der Waals surface area contributed by atoms with Crippen LogP contribution in [-0.2, 0) is 4.79 Å². The van der Waals surface area contributed by atoms with E-state index in [2.05, 4.69) is 24.4 Å². The molecule has 0 aliphatic rings. The van der Waals surface area contributed by atoms with Crippen molar-refractivity contribution in [2.75, 3.05) is 0 Å². The van der Waals surface area contributed by atoms with Crippen LogP contribution in [-0.4, -0.2) is 11.9 Å². The SMILES string of the molecule is CC(=O)N[C@@H](C)/C=C/c1ccccc1C. The molecule has 0 unspecified atom stereocenters. The third-order valence-corrected chi connectivity index (χ3v) is 2.18. The highest BCUT2D eigenvalue weighted by atomic mass is 16.1. The minimum Gasteiger partial charge on any atom is -0.350 e. The third kappa shape index (κ3) is 3.98. The monoisotopic (exact) mass is 203 g/mol. The molecule has 0 saturated heterocycles. The molecule has 2 nitrogen and oxygen atoms in total. The molecule has 0 spiro atoms. The van der Waals surface area contributed by atoms with Gasteiger partial charge in [0, 0.05) is 13.0 Å². The molecule has 0 aliphatic carbocycles. The van der Waals surface area contributed by atoms with Crippen molar-refractivity contribution in [3.05, 3.63) is 41.5 Å². The number of rotatable bonds is 3. The summed E-state index contributed by atoms with van der Waals surface area (Å²) in [5.74, 6) is -0.00284. The van der Waals surface area contributed by atoms with Crippen molar-refractivity contribution in [1.29, 1.82) is 0 Å². The van der Waals surface area contributed by atoms with Crippen LogP contribution in [0, 0.1) is 6.92 Å². The number of aryl methyl sites for hydroxylation is 1. The Labute approximate surface area is 91.0 Å². The van der Waals surface area contributed by atoms with Crippen LogP contribution in [0.15, 0.2) is 30.3 Å². The number of benzene rings is 1. The van der Waals surface area contributed by atoms with Crippen LogP contribution in [0.3, 0.4) is 0 Å². The minimum absolute atomic E-state index is 0.00284. The number of carbonyl (C=O) groups excluding carboxylic acids is 1. The van der Waals surface area contributed by atoms with E-state index < -0.39 is 0 Å². The second-order valence-electron chi connectivity index (χ2n) is 3.70. The highest BCUT2D eigenvalue weighted by Crippen LogP contribution is 2.09. The van der Waals surface area contributed by atoms with E-state index in [4.69, 9.17) is 0 Å². The quantitative estimate of drug-likeness (QED) is 0.803. The Morgan fingerprint density at radius 2 is 2.07 bits per heavy atom. The summed E-state index contributed by atoms with van der Waals surface area (Å²) in [6.07, 6.45) is 4.03. The van der Waals surface area contributed by atoms with Crippen molar-refractivity contribution >= 4 is 12.0 Å². The van der Waals surface area contributed by atoms with Gasteiger partial charge in [-0.05, 0) is 25.0 Å². The molecule has 15 heavy (non-hydrogen) atoms. The first-order chi connectivity index (χ1) is 7.09. The van der Waals surface area contributed by atoms with Crippen molar-refractivity contribution in [2.45, 2.75) is 26.8 Å². The fraction of sp³-hybridized carbons (Fsp3) is 0.308. The molecule has 0 aromatic heterocycles. The van der Waals surface area contributed by atoms with Gasteiger partial charge in [0.1, 0.15) is 0 Å². The van der Waals surface area contributed by atoms with E-state index in [-0.39, 0.29) is 11.9 Å². The Hall–Kier alpha value is -1.57. The van der Waals surface area contributed by atoms with Gasteiger partial charge in [-0.2, -0.15) is 0 Å². The van der Waals surface area contributed by atoms with E-state index in [0.29, 0.717) is 0 Å². The molecule has 0 radical (unpaired) electrons. The van der Waals surface area contributed by atoms with Gasteiger partial charge in [0.25, 0.3) is 0 Å². The Kier molecular flexibility index (Phi) is 4.10. The summed E-state index contributed by atoms with van der Waals surface area (Å²) in [5, 5.41) is 2.81. The molecule has 0 aliphatic heterocycles. The molecule has 1 aromatic rings. The van der Waals surface area contributed by atoms with Gasteiger partial charge in [-0.25, -0.2) is 0 Å². The lowest BCUT2D eigenvalue weighted by molar-refractivity contribution is -0.119. The summed E-state index contributed by atoms with van der Waals surface area (Å²) in [5.41, 5.74) is 2.43. The zero-order chi connectivity index (χ0) is 11.3. The lowest BCUT2D eigenvalue weighted by Gasteiger charge is -2.06. The maximum atomic E-state index is 10.8. The average Bonchev–Trinajstić information content (AvgIpc) is 2.15. The first-order valence-corrected chi connectivity index (χ1v) is 5.10. The van der Waals surface area contributed by atoms with Gasteiger partial charge in [-0.1, -0.05) is 36.4 Å². The van der Waals surface area contributed by atoms with Gasteiger partial charge < -0.3 is 5.32 Å². The molecule has 1 atom stereocenters. The molecule has 1 aromatic carbocycles. The fourth-order valence-electron chi connectivity index (χ4n) is 1.39. The summed E-state index contributed by atoms with van der Waals surface area (Å²) >= 11 is 0. The highest BCUT2D eigenvalue weighted by Gasteiger charge is 1.98. The number of nitrogens with one attached hydrogen (secondary N) is 1. The lowest BCUT2D eigenvalue weighted by Crippen LogP contribution is -2.28. The Morgan fingerprint density at radius 1 is 1.40 bits per heavy atom. The van der Waals surface area contributed by atoms with Crippen molar-refractivity contribution in [1.82, 2.24) is 5.32 Å². The number of hydrogen-bond acceptors (Lipinski definition) is 1. The van der Waals surface area contributed by atoms with Crippen LogP contribution >= 0.6 is 0 Å². The van der Waals surface area contributed by atoms with E-state index in [1.165, 1.54) is 18.1 Å². The highest BCUT2D eigenvalue weighted by molar-refractivity contribution is 5.73. The number of hydrogen-bond donors (Lipinski definition) is 1.